The van der Waals surface area contributed by atoms with Crippen molar-refractivity contribution in [3.63, 3.8) is 0 Å². The van der Waals surface area contributed by atoms with Gasteiger partial charge in [-0.1, -0.05) is 69.2 Å². The van der Waals surface area contributed by atoms with Gasteiger partial charge in [0.25, 0.3) is 0 Å². The maximum absolute atomic E-state index is 12.8. The van der Waals surface area contributed by atoms with Crippen molar-refractivity contribution in [1.29, 1.82) is 0 Å². The molecule has 0 aliphatic carbocycles. The van der Waals surface area contributed by atoms with Crippen LogP contribution in [-0.4, -0.2) is 23.8 Å². The first-order valence-corrected chi connectivity index (χ1v) is 11.6. The fraction of sp³-hybridized carbons (Fsp3) is 0.519. The van der Waals surface area contributed by atoms with Gasteiger partial charge < -0.3 is 0 Å². The lowest BCUT2D eigenvalue weighted by atomic mass is 9.89. The zero-order valence-corrected chi connectivity index (χ0v) is 18.3. The molecule has 2 aromatic carbocycles. The molecule has 1 aliphatic heterocycles. The van der Waals surface area contributed by atoms with Crippen LogP contribution in [0.5, 0.6) is 0 Å². The third-order valence-corrected chi connectivity index (χ3v) is 6.30. The van der Waals surface area contributed by atoms with Gasteiger partial charge in [0.2, 0.25) is 0 Å². The van der Waals surface area contributed by atoms with E-state index in [1.807, 2.05) is 0 Å². The molecule has 0 unspecified atom stereocenters. The molecule has 0 radical (unpaired) electrons. The molecule has 0 N–H and O–H groups in total. The second-order valence-corrected chi connectivity index (χ2v) is 8.65. The van der Waals surface area contributed by atoms with E-state index in [1.165, 1.54) is 29.5 Å². The molecule has 0 saturated carbocycles. The van der Waals surface area contributed by atoms with Crippen molar-refractivity contribution >= 4 is 5.78 Å². The zero-order valence-electron chi connectivity index (χ0n) is 18.3. The summed E-state index contributed by atoms with van der Waals surface area (Å²) in [5.41, 5.74) is 5.14. The number of nitrogens with zero attached hydrogens (tertiary/aromatic N) is 1. The maximum Gasteiger partial charge on any atom is 0.162 e. The first-order valence-electron chi connectivity index (χ1n) is 11.6. The van der Waals surface area contributed by atoms with E-state index in [9.17, 15) is 4.79 Å². The van der Waals surface area contributed by atoms with E-state index in [0.717, 1.165) is 57.3 Å². The van der Waals surface area contributed by atoms with Crippen molar-refractivity contribution in [2.45, 2.75) is 71.8 Å². The van der Waals surface area contributed by atoms with E-state index in [0.29, 0.717) is 18.1 Å². The highest BCUT2D eigenvalue weighted by Gasteiger charge is 2.20. The van der Waals surface area contributed by atoms with Crippen LogP contribution < -0.4 is 0 Å². The number of piperidine rings is 1. The first-order chi connectivity index (χ1) is 14.2. The van der Waals surface area contributed by atoms with E-state index < -0.39 is 0 Å². The molecule has 2 heteroatoms. The van der Waals surface area contributed by atoms with Crippen LogP contribution in [0.2, 0.25) is 0 Å². The van der Waals surface area contributed by atoms with Gasteiger partial charge in [0.05, 0.1) is 0 Å². The molecule has 1 heterocycles. The Kier molecular flexibility index (Phi) is 8.49. The number of hydrogen-bond acceptors (Lipinski definition) is 2. The molecule has 0 bridgehead atoms. The number of benzene rings is 2. The summed E-state index contributed by atoms with van der Waals surface area (Å²) in [6.45, 7) is 7.80. The van der Waals surface area contributed by atoms with Crippen LogP contribution in [0.1, 0.15) is 79.4 Å². The minimum Gasteiger partial charge on any atom is -0.299 e. The van der Waals surface area contributed by atoms with Crippen LogP contribution in [0.15, 0.2) is 48.5 Å². The molecule has 1 saturated heterocycles. The molecular formula is C27H37NO. The van der Waals surface area contributed by atoms with Gasteiger partial charge in [-0.05, 0) is 73.9 Å². The largest absolute Gasteiger partial charge is 0.299 e. The van der Waals surface area contributed by atoms with Gasteiger partial charge in [0.15, 0.2) is 5.78 Å². The summed E-state index contributed by atoms with van der Waals surface area (Å²) in [5.74, 6) is 1.03. The van der Waals surface area contributed by atoms with Gasteiger partial charge in [-0.25, -0.2) is 0 Å². The van der Waals surface area contributed by atoms with E-state index in [-0.39, 0.29) is 0 Å². The van der Waals surface area contributed by atoms with Crippen molar-refractivity contribution in [2.75, 3.05) is 13.1 Å². The number of hydrogen-bond donors (Lipinski definition) is 0. The zero-order chi connectivity index (χ0) is 20.5. The highest BCUT2D eigenvalue weighted by Crippen LogP contribution is 2.25. The van der Waals surface area contributed by atoms with Crippen LogP contribution in [-0.2, 0) is 19.4 Å². The Bertz CT molecular complexity index is 759. The fourth-order valence-electron chi connectivity index (χ4n) is 4.57. The molecule has 1 aliphatic rings. The molecule has 1 fully saturated rings. The van der Waals surface area contributed by atoms with Gasteiger partial charge in [-0.15, -0.1) is 0 Å². The van der Waals surface area contributed by atoms with Crippen LogP contribution in [0.3, 0.4) is 0 Å². The summed E-state index contributed by atoms with van der Waals surface area (Å²) < 4.78 is 0. The summed E-state index contributed by atoms with van der Waals surface area (Å²) in [6, 6.07) is 17.2. The molecule has 0 aromatic heterocycles. The molecule has 0 spiro atoms. The molecule has 3 rings (SSSR count). The molecule has 0 atom stereocenters. The Labute approximate surface area is 177 Å². The van der Waals surface area contributed by atoms with Crippen molar-refractivity contribution in [1.82, 2.24) is 4.90 Å². The van der Waals surface area contributed by atoms with Crippen LogP contribution >= 0.6 is 0 Å². The molecular weight excluding hydrogens is 354 g/mol. The number of carbonyl (C=O) groups excluding carboxylic acids is 1. The summed E-state index contributed by atoms with van der Waals surface area (Å²) in [5, 5.41) is 0. The molecule has 2 nitrogen and oxygen atoms in total. The number of likely N-dealkylation sites (tertiary alicyclic amines) is 1. The minimum atomic E-state index is 0.331. The summed E-state index contributed by atoms with van der Waals surface area (Å²) in [6.07, 6.45) is 8.66. The molecule has 156 valence electrons. The quantitative estimate of drug-likeness (QED) is 0.433. The van der Waals surface area contributed by atoms with Crippen LogP contribution in [0, 0.1) is 5.92 Å². The van der Waals surface area contributed by atoms with Gasteiger partial charge >= 0.3 is 0 Å². The fourth-order valence-corrected chi connectivity index (χ4v) is 4.57. The third kappa shape index (κ3) is 6.54. The Morgan fingerprint density at radius 1 is 0.931 bits per heavy atom. The summed E-state index contributed by atoms with van der Waals surface area (Å²) >= 11 is 0. The molecule has 29 heavy (non-hydrogen) atoms. The van der Waals surface area contributed by atoms with Crippen LogP contribution in [0.25, 0.3) is 0 Å². The lowest BCUT2D eigenvalue weighted by molar-refractivity contribution is 0.0961. The lowest BCUT2D eigenvalue weighted by Gasteiger charge is -2.32. The predicted octanol–water partition coefficient (Wildman–Crippen LogP) is 6.47. The normalized spacial score (nSPS) is 15.5. The molecule has 2 aromatic rings. The van der Waals surface area contributed by atoms with Gasteiger partial charge in [-0.2, -0.15) is 0 Å². The SMILES string of the molecule is CCCc1ccc(C(=O)CCC2CCN(Cc3ccccc3)CC2)cc1CCC. The highest BCUT2D eigenvalue weighted by atomic mass is 16.1. The lowest BCUT2D eigenvalue weighted by Crippen LogP contribution is -2.33. The number of carbonyl (C=O) groups is 1. The van der Waals surface area contributed by atoms with E-state index >= 15 is 0 Å². The number of ketones is 1. The number of aryl methyl sites for hydroxylation is 2. The highest BCUT2D eigenvalue weighted by molar-refractivity contribution is 5.96. The van der Waals surface area contributed by atoms with E-state index in [4.69, 9.17) is 0 Å². The van der Waals surface area contributed by atoms with Crippen molar-refractivity contribution in [3.8, 4) is 0 Å². The Morgan fingerprint density at radius 2 is 1.62 bits per heavy atom. The van der Waals surface area contributed by atoms with Crippen molar-refractivity contribution < 1.29 is 4.79 Å². The topological polar surface area (TPSA) is 20.3 Å². The minimum absolute atomic E-state index is 0.331. The maximum atomic E-state index is 12.8. The van der Waals surface area contributed by atoms with Gasteiger partial charge in [0, 0.05) is 18.5 Å². The third-order valence-electron chi connectivity index (χ3n) is 6.30. The van der Waals surface area contributed by atoms with E-state index in [1.54, 1.807) is 0 Å². The Balaban J connectivity index is 1.47. The first kappa shape index (κ1) is 21.8. The monoisotopic (exact) mass is 391 g/mol. The smallest absolute Gasteiger partial charge is 0.162 e. The Morgan fingerprint density at radius 3 is 2.31 bits per heavy atom. The second kappa shape index (κ2) is 11.3. The van der Waals surface area contributed by atoms with Crippen molar-refractivity contribution in [3.05, 3.63) is 70.8 Å². The number of Topliss-reactive ketones (excluding diaryl/α,β-unsaturated/α-hetero) is 1. The summed E-state index contributed by atoms with van der Waals surface area (Å²) in [7, 11) is 0. The van der Waals surface area contributed by atoms with E-state index in [2.05, 4.69) is 67.3 Å². The standard InChI is InChI=1S/C27H37NO/c1-3-8-24-13-14-26(20-25(24)9-4-2)27(29)15-12-22-16-18-28(19-17-22)21-23-10-6-5-7-11-23/h5-7,10-11,13-14,20,22H,3-4,8-9,12,15-19,21H2,1-2H3. The summed E-state index contributed by atoms with van der Waals surface area (Å²) in [4.78, 5) is 15.4. The number of rotatable bonds is 10. The van der Waals surface area contributed by atoms with Crippen molar-refractivity contribution in [2.24, 2.45) is 5.92 Å². The van der Waals surface area contributed by atoms with Crippen LogP contribution in [0.4, 0.5) is 0 Å². The second-order valence-electron chi connectivity index (χ2n) is 8.65. The average molecular weight is 392 g/mol. The van der Waals surface area contributed by atoms with Gasteiger partial charge in [-0.3, -0.25) is 9.69 Å². The molecule has 0 amide bonds. The van der Waals surface area contributed by atoms with Gasteiger partial charge in [0.1, 0.15) is 0 Å². The Hall–Kier alpha value is -1.93. The predicted molar refractivity (Wildman–Crippen MR) is 122 cm³/mol. The average Bonchev–Trinajstić information content (AvgIpc) is 2.75.